The molecule has 0 saturated carbocycles. The summed E-state index contributed by atoms with van der Waals surface area (Å²) >= 11 is 0. The van der Waals surface area contributed by atoms with Gasteiger partial charge in [-0.25, -0.2) is 0 Å². The van der Waals surface area contributed by atoms with Gasteiger partial charge in [-0.3, -0.25) is 4.79 Å². The van der Waals surface area contributed by atoms with Crippen LogP contribution in [-0.2, 0) is 23.1 Å². The lowest BCUT2D eigenvalue weighted by Gasteiger charge is -2.43. The van der Waals surface area contributed by atoms with Crippen molar-refractivity contribution in [1.82, 2.24) is 4.90 Å². The minimum atomic E-state index is -6.46. The standard InChI is InChI=1S/C35H38F7NO3/c1-22(31(46)43(3)21-33(36,37)34(38,39)35(40,41)42)24-10-8-23(9-11-24)6-4-5-7-30-29-17-16-28(45)20-25(29)18-19-32(30,2)26-12-14-27(44)15-13-26/h8-17,20,22,30,44-45H,4-7,18-19,21H2,1-3H3. The van der Waals surface area contributed by atoms with E-state index >= 15 is 0 Å². The Kier molecular flexibility index (Phi) is 10.0. The van der Waals surface area contributed by atoms with E-state index in [4.69, 9.17) is 0 Å². The zero-order valence-corrected chi connectivity index (χ0v) is 25.9. The van der Waals surface area contributed by atoms with Crippen LogP contribution in [0.25, 0.3) is 0 Å². The fraction of sp³-hybridized carbons (Fsp3) is 0.457. The van der Waals surface area contributed by atoms with Crippen molar-refractivity contribution in [2.24, 2.45) is 0 Å². The quantitative estimate of drug-likeness (QED) is 0.161. The van der Waals surface area contributed by atoms with Crippen LogP contribution < -0.4 is 0 Å². The monoisotopic (exact) mass is 653 g/mol. The Morgan fingerprint density at radius 2 is 1.52 bits per heavy atom. The fourth-order valence-corrected chi connectivity index (χ4v) is 6.53. The van der Waals surface area contributed by atoms with Gasteiger partial charge in [0.05, 0.1) is 12.5 Å². The lowest BCUT2D eigenvalue weighted by molar-refractivity contribution is -0.355. The molecule has 250 valence electrons. The molecule has 4 rings (SSSR count). The predicted octanol–water partition coefficient (Wildman–Crippen LogP) is 8.89. The molecule has 1 aliphatic carbocycles. The summed E-state index contributed by atoms with van der Waals surface area (Å²) in [7, 11) is 0.771. The van der Waals surface area contributed by atoms with Crippen LogP contribution in [0.15, 0.2) is 66.7 Å². The molecule has 2 N–H and O–H groups in total. The van der Waals surface area contributed by atoms with Crippen LogP contribution >= 0.6 is 0 Å². The second kappa shape index (κ2) is 13.2. The topological polar surface area (TPSA) is 60.8 Å². The van der Waals surface area contributed by atoms with Gasteiger partial charge in [-0.05, 0) is 102 Å². The minimum Gasteiger partial charge on any atom is -0.508 e. The van der Waals surface area contributed by atoms with E-state index in [1.165, 1.54) is 12.5 Å². The van der Waals surface area contributed by atoms with Gasteiger partial charge in [-0.2, -0.15) is 30.7 Å². The summed E-state index contributed by atoms with van der Waals surface area (Å²) in [4.78, 5) is 12.9. The van der Waals surface area contributed by atoms with E-state index in [0.717, 1.165) is 55.8 Å². The van der Waals surface area contributed by atoms with E-state index < -0.39 is 36.4 Å². The molecule has 46 heavy (non-hydrogen) atoms. The maximum Gasteiger partial charge on any atom is 0.459 e. The molecule has 11 heteroatoms. The number of aryl methyl sites for hydroxylation is 2. The molecule has 0 aromatic heterocycles. The number of amides is 1. The highest BCUT2D eigenvalue weighted by Crippen LogP contribution is 2.50. The van der Waals surface area contributed by atoms with Gasteiger partial charge < -0.3 is 15.1 Å². The molecule has 4 nitrogen and oxygen atoms in total. The molecule has 3 unspecified atom stereocenters. The molecule has 0 bridgehead atoms. The van der Waals surface area contributed by atoms with Crippen LogP contribution in [0.3, 0.4) is 0 Å². The van der Waals surface area contributed by atoms with E-state index in [1.54, 1.807) is 42.5 Å². The summed E-state index contributed by atoms with van der Waals surface area (Å²) in [5.41, 5.74) is 4.66. The molecule has 1 aliphatic rings. The number of benzene rings is 3. The van der Waals surface area contributed by atoms with Gasteiger partial charge in [0.25, 0.3) is 0 Å². The second-order valence-electron chi connectivity index (χ2n) is 12.6. The number of hydrogen-bond acceptors (Lipinski definition) is 3. The smallest absolute Gasteiger partial charge is 0.459 e. The molecule has 3 aromatic carbocycles. The van der Waals surface area contributed by atoms with Gasteiger partial charge in [-0.1, -0.05) is 55.8 Å². The number of alkyl halides is 7. The Labute approximate surface area is 263 Å². The number of likely N-dealkylation sites (N-methyl/N-ethyl adjacent to an activating group) is 1. The van der Waals surface area contributed by atoms with E-state index in [2.05, 4.69) is 6.92 Å². The van der Waals surface area contributed by atoms with Crippen LogP contribution in [0.4, 0.5) is 30.7 Å². The van der Waals surface area contributed by atoms with Crippen LogP contribution in [0.5, 0.6) is 11.5 Å². The van der Waals surface area contributed by atoms with Crippen molar-refractivity contribution in [3.8, 4) is 11.5 Å². The van der Waals surface area contributed by atoms with Crippen LogP contribution in [0.1, 0.15) is 79.2 Å². The highest BCUT2D eigenvalue weighted by Gasteiger charge is 2.73. The third-order valence-corrected chi connectivity index (χ3v) is 9.40. The number of aromatic hydroxyl groups is 2. The zero-order valence-electron chi connectivity index (χ0n) is 25.9. The van der Waals surface area contributed by atoms with Crippen molar-refractivity contribution in [3.63, 3.8) is 0 Å². The first-order chi connectivity index (χ1) is 21.4. The van der Waals surface area contributed by atoms with Gasteiger partial charge in [0.1, 0.15) is 11.5 Å². The summed E-state index contributed by atoms with van der Waals surface area (Å²) < 4.78 is 91.8. The number of fused-ring (bicyclic) bond motifs is 1. The van der Waals surface area contributed by atoms with Crippen molar-refractivity contribution >= 4 is 5.91 Å². The van der Waals surface area contributed by atoms with Gasteiger partial charge in [0, 0.05) is 7.05 Å². The van der Waals surface area contributed by atoms with Crippen LogP contribution in [-0.4, -0.2) is 52.6 Å². The number of unbranched alkanes of at least 4 members (excludes halogenated alkanes) is 1. The van der Waals surface area contributed by atoms with E-state index in [1.807, 2.05) is 24.3 Å². The minimum absolute atomic E-state index is 0.177. The molecular formula is C35H38F7NO3. The highest BCUT2D eigenvalue weighted by atomic mass is 19.4. The predicted molar refractivity (Wildman–Crippen MR) is 161 cm³/mol. The van der Waals surface area contributed by atoms with Gasteiger partial charge in [-0.15, -0.1) is 0 Å². The largest absolute Gasteiger partial charge is 0.508 e. The number of phenols is 2. The average Bonchev–Trinajstić information content (AvgIpc) is 2.99. The Bertz CT molecular complexity index is 1510. The molecule has 0 saturated heterocycles. The number of phenolic OH excluding ortho intramolecular Hbond substituents is 2. The van der Waals surface area contributed by atoms with Crippen molar-refractivity contribution in [1.29, 1.82) is 0 Å². The molecule has 0 radical (unpaired) electrons. The first-order valence-corrected chi connectivity index (χ1v) is 15.1. The maximum atomic E-state index is 13.8. The van der Waals surface area contributed by atoms with Crippen LogP contribution in [0, 0.1) is 0 Å². The van der Waals surface area contributed by atoms with Gasteiger partial charge in [0.2, 0.25) is 5.91 Å². The summed E-state index contributed by atoms with van der Waals surface area (Å²) in [6, 6.07) is 19.7. The highest BCUT2D eigenvalue weighted by molar-refractivity contribution is 5.83. The van der Waals surface area contributed by atoms with E-state index in [9.17, 15) is 45.7 Å². The Balaban J connectivity index is 1.38. The number of hydrogen-bond donors (Lipinski definition) is 2. The van der Waals surface area contributed by atoms with Crippen LogP contribution in [0.2, 0.25) is 0 Å². The summed E-state index contributed by atoms with van der Waals surface area (Å²) in [6.45, 7) is 1.53. The molecule has 0 aliphatic heterocycles. The number of nitrogens with zero attached hydrogens (tertiary/aromatic N) is 1. The summed E-state index contributed by atoms with van der Waals surface area (Å²) in [5.74, 6) is -13.2. The Morgan fingerprint density at radius 3 is 2.13 bits per heavy atom. The van der Waals surface area contributed by atoms with Crippen molar-refractivity contribution in [3.05, 3.63) is 94.5 Å². The third-order valence-electron chi connectivity index (χ3n) is 9.40. The number of rotatable bonds is 11. The number of halogens is 7. The van der Waals surface area contributed by atoms with E-state index in [-0.39, 0.29) is 27.7 Å². The second-order valence-corrected chi connectivity index (χ2v) is 12.6. The molecule has 1 amide bonds. The zero-order chi connectivity index (χ0) is 34.1. The van der Waals surface area contributed by atoms with E-state index in [0.29, 0.717) is 12.0 Å². The molecular weight excluding hydrogens is 615 g/mol. The molecule has 0 fully saturated rings. The third kappa shape index (κ3) is 7.13. The molecule has 0 spiro atoms. The van der Waals surface area contributed by atoms with Gasteiger partial charge in [0.15, 0.2) is 0 Å². The molecule has 3 atom stereocenters. The number of carbonyl (C=O) groups is 1. The fourth-order valence-electron chi connectivity index (χ4n) is 6.53. The summed E-state index contributed by atoms with van der Waals surface area (Å²) in [6.07, 6.45) is -1.43. The molecule has 3 aromatic rings. The lowest BCUT2D eigenvalue weighted by atomic mass is 9.60. The maximum absolute atomic E-state index is 13.8. The summed E-state index contributed by atoms with van der Waals surface area (Å²) in [5, 5.41) is 19.9. The van der Waals surface area contributed by atoms with Crippen molar-refractivity contribution in [2.45, 2.75) is 87.6 Å². The SMILES string of the molecule is CC(C(=O)N(C)CC(F)(F)C(F)(F)C(F)(F)F)c1ccc(CCCCC2c3ccc(O)cc3CCC2(C)c2ccc(O)cc2)cc1. The Hall–Kier alpha value is -3.76. The van der Waals surface area contributed by atoms with Crippen molar-refractivity contribution in [2.75, 3.05) is 13.6 Å². The number of carbonyl (C=O) groups excluding carboxylic acids is 1. The average molecular weight is 654 g/mol. The lowest BCUT2D eigenvalue weighted by Crippen LogP contribution is -2.57. The first kappa shape index (κ1) is 35.1. The molecule has 0 heterocycles. The Morgan fingerprint density at radius 1 is 0.913 bits per heavy atom. The van der Waals surface area contributed by atoms with Gasteiger partial charge >= 0.3 is 18.0 Å². The van der Waals surface area contributed by atoms with Crippen molar-refractivity contribution < 1.29 is 45.7 Å². The first-order valence-electron chi connectivity index (χ1n) is 15.1. The normalized spacial score (nSPS) is 19.4.